The van der Waals surface area contributed by atoms with Gasteiger partial charge in [0, 0.05) is 101 Å². The maximum Gasteiger partial charge on any atom is 0.317 e. The van der Waals surface area contributed by atoms with Crippen LogP contribution in [-0.4, -0.2) is 203 Å². The average Bonchev–Trinajstić information content (AvgIpc) is 3.23. The van der Waals surface area contributed by atoms with E-state index in [-0.39, 0.29) is 148 Å². The standard InChI is InChI=1S/C44H73BrN8O13/c1-5-6-7-9-36(55)48-33(10-12-37(56)49-42-31(3)26-30(2)41(45)32(42)4)43(63)47-14-8-24-66-25-15-46-35(54)13-11-34(44(64)65)53-22-20-51(28-39(59)60)18-16-50(27-38(57)58)17-19-52(21-23-53)29-40(61)62/h26,33-34,44,64-65H,5-25,27-29H2,1-4H3,(H,46,54)(H,47,63)(H,48,55)(H,49,56)(H,57,58)(H,59,60)(H,61,62)/t33-,34?/m0/s1. The molecule has 2 atom stereocenters. The van der Waals surface area contributed by atoms with Gasteiger partial charge in [-0.1, -0.05) is 41.8 Å². The van der Waals surface area contributed by atoms with Gasteiger partial charge in [0.2, 0.25) is 23.6 Å². The quantitative estimate of drug-likeness (QED) is 0.0413. The second-order valence-corrected chi connectivity index (χ2v) is 17.5. The number of anilines is 1. The molecule has 1 unspecified atom stereocenters. The van der Waals surface area contributed by atoms with Crippen LogP contribution in [0.3, 0.4) is 0 Å². The first kappa shape index (κ1) is 57.8. The van der Waals surface area contributed by atoms with Gasteiger partial charge >= 0.3 is 17.9 Å². The Labute approximate surface area is 396 Å². The number of nitrogens with one attached hydrogen (secondary N) is 4. The lowest BCUT2D eigenvalue weighted by atomic mass is 10.0. The summed E-state index contributed by atoms with van der Waals surface area (Å²) >= 11 is 3.57. The number of halogens is 1. The Morgan fingerprint density at radius 2 is 1.21 bits per heavy atom. The minimum absolute atomic E-state index is 0.00453. The largest absolute Gasteiger partial charge is 0.480 e. The molecule has 0 radical (unpaired) electrons. The van der Waals surface area contributed by atoms with Gasteiger partial charge in [0.05, 0.1) is 32.3 Å². The molecule has 1 aliphatic heterocycles. The van der Waals surface area contributed by atoms with Crippen molar-refractivity contribution < 1.29 is 63.8 Å². The molecule has 1 aromatic rings. The molecule has 9 N–H and O–H groups in total. The third-order valence-electron chi connectivity index (χ3n) is 11.2. The number of unbranched alkanes of at least 4 members (excludes halogenated alkanes) is 2. The zero-order chi connectivity index (χ0) is 49.2. The third-order valence-corrected chi connectivity index (χ3v) is 12.4. The van der Waals surface area contributed by atoms with E-state index in [0.717, 1.165) is 34.0 Å². The van der Waals surface area contributed by atoms with E-state index in [4.69, 9.17) is 4.74 Å². The number of ether oxygens (including phenoxy) is 1. The SMILES string of the molecule is CCCCCC(=O)N[C@@H](CCC(=O)Nc1c(C)cc(C)c(Br)c1C)C(=O)NCCCOCCNC(=O)CCC(C(O)O)N1CCN(CC(=O)O)CCN(CC(=O)O)CCN(CC(=O)O)CC1. The number of nitrogens with zero attached hydrogens (tertiary/aromatic N) is 4. The minimum atomic E-state index is -1.88. The van der Waals surface area contributed by atoms with E-state index in [1.807, 2.05) is 33.8 Å². The molecular weight excluding hydrogens is 928 g/mol. The molecule has 374 valence electrons. The summed E-state index contributed by atoms with van der Waals surface area (Å²) in [5.74, 6) is -4.58. The van der Waals surface area contributed by atoms with Crippen LogP contribution in [-0.2, 0) is 38.3 Å². The van der Waals surface area contributed by atoms with Crippen molar-refractivity contribution in [1.29, 1.82) is 0 Å². The molecule has 1 saturated heterocycles. The van der Waals surface area contributed by atoms with E-state index in [1.165, 1.54) is 0 Å². The maximum absolute atomic E-state index is 13.2. The van der Waals surface area contributed by atoms with Crippen LogP contribution in [0.5, 0.6) is 0 Å². The molecular formula is C44H73BrN8O13. The van der Waals surface area contributed by atoms with Gasteiger partial charge < -0.3 is 51.5 Å². The van der Waals surface area contributed by atoms with Crippen molar-refractivity contribution in [2.75, 3.05) is 104 Å². The topological polar surface area (TPSA) is 291 Å². The number of hydrogen-bond acceptors (Lipinski definition) is 14. The lowest BCUT2D eigenvalue weighted by Gasteiger charge is -2.37. The Balaban J connectivity index is 1.88. The Morgan fingerprint density at radius 1 is 0.667 bits per heavy atom. The van der Waals surface area contributed by atoms with Gasteiger partial charge in [0.15, 0.2) is 6.29 Å². The molecule has 21 nitrogen and oxygen atoms in total. The van der Waals surface area contributed by atoms with Crippen LogP contribution < -0.4 is 21.3 Å². The van der Waals surface area contributed by atoms with Gasteiger partial charge in [-0.2, -0.15) is 0 Å². The second-order valence-electron chi connectivity index (χ2n) is 16.7. The van der Waals surface area contributed by atoms with Crippen LogP contribution >= 0.6 is 15.9 Å². The summed E-state index contributed by atoms with van der Waals surface area (Å²) in [5.41, 5.74) is 3.56. The number of carboxylic acids is 3. The van der Waals surface area contributed by atoms with Crippen molar-refractivity contribution in [3.8, 4) is 0 Å². The fourth-order valence-electron chi connectivity index (χ4n) is 7.60. The van der Waals surface area contributed by atoms with E-state index in [2.05, 4.69) is 37.2 Å². The molecule has 2 rings (SSSR count). The molecule has 1 heterocycles. The van der Waals surface area contributed by atoms with Gasteiger partial charge in [-0.3, -0.25) is 53.2 Å². The summed E-state index contributed by atoms with van der Waals surface area (Å²) in [7, 11) is 0. The predicted molar refractivity (Wildman–Crippen MR) is 249 cm³/mol. The summed E-state index contributed by atoms with van der Waals surface area (Å²) in [6.45, 7) is 9.13. The van der Waals surface area contributed by atoms with Crippen LogP contribution in [0, 0.1) is 20.8 Å². The van der Waals surface area contributed by atoms with Crippen molar-refractivity contribution in [3.05, 3.63) is 27.2 Å². The van der Waals surface area contributed by atoms with Gasteiger partial charge in [-0.25, -0.2) is 0 Å². The van der Waals surface area contributed by atoms with E-state index in [1.54, 1.807) is 19.6 Å². The lowest BCUT2D eigenvalue weighted by molar-refractivity contribution is -0.141. The number of rotatable bonds is 28. The van der Waals surface area contributed by atoms with Crippen molar-refractivity contribution in [2.24, 2.45) is 0 Å². The zero-order valence-electron chi connectivity index (χ0n) is 38.9. The van der Waals surface area contributed by atoms with Crippen LogP contribution in [0.4, 0.5) is 5.69 Å². The molecule has 0 aliphatic carbocycles. The molecule has 1 aromatic carbocycles. The van der Waals surface area contributed by atoms with Gasteiger partial charge in [0.1, 0.15) is 6.04 Å². The summed E-state index contributed by atoms with van der Waals surface area (Å²) < 4.78 is 6.54. The monoisotopic (exact) mass is 1000 g/mol. The Kier molecular flexibility index (Phi) is 27.7. The number of carbonyl (C=O) groups is 7. The molecule has 22 heteroatoms. The maximum atomic E-state index is 13.2. The summed E-state index contributed by atoms with van der Waals surface area (Å²) in [4.78, 5) is 93.0. The fraction of sp³-hybridized carbons (Fsp3) is 0.705. The van der Waals surface area contributed by atoms with Crippen molar-refractivity contribution in [1.82, 2.24) is 35.6 Å². The van der Waals surface area contributed by atoms with Crippen LogP contribution in [0.15, 0.2) is 10.5 Å². The summed E-state index contributed by atoms with van der Waals surface area (Å²) in [6.07, 6.45) is 1.36. The van der Waals surface area contributed by atoms with Crippen molar-refractivity contribution >= 4 is 63.2 Å². The third kappa shape index (κ3) is 23.4. The number of carbonyl (C=O) groups excluding carboxylic acids is 4. The number of carboxylic acid groups (broad SMARTS) is 3. The lowest BCUT2D eigenvalue weighted by Crippen LogP contribution is -2.52. The van der Waals surface area contributed by atoms with E-state index in [9.17, 15) is 59.1 Å². The second kappa shape index (κ2) is 31.6. The number of aliphatic carboxylic acids is 3. The predicted octanol–water partition coefficient (Wildman–Crippen LogP) is 0.732. The zero-order valence-corrected chi connectivity index (χ0v) is 40.5. The molecule has 4 amide bonds. The highest BCUT2D eigenvalue weighted by atomic mass is 79.9. The fourth-order valence-corrected chi connectivity index (χ4v) is 7.91. The number of amides is 4. The smallest absolute Gasteiger partial charge is 0.317 e. The average molecular weight is 1000 g/mol. The first-order valence-corrected chi connectivity index (χ1v) is 23.5. The molecule has 0 saturated carbocycles. The van der Waals surface area contributed by atoms with E-state index in [0.29, 0.717) is 18.5 Å². The highest BCUT2D eigenvalue weighted by molar-refractivity contribution is 9.10. The number of aliphatic hydroxyl groups excluding tert-OH is 1. The number of benzene rings is 1. The highest BCUT2D eigenvalue weighted by Gasteiger charge is 2.28. The van der Waals surface area contributed by atoms with Crippen LogP contribution in [0.25, 0.3) is 0 Å². The van der Waals surface area contributed by atoms with E-state index < -0.39 is 42.2 Å². The molecule has 0 spiro atoms. The minimum Gasteiger partial charge on any atom is -0.480 e. The van der Waals surface area contributed by atoms with Crippen molar-refractivity contribution in [3.63, 3.8) is 0 Å². The van der Waals surface area contributed by atoms with Gasteiger partial charge in [-0.05, 0) is 63.1 Å². The number of hydrogen-bond donors (Lipinski definition) is 9. The Morgan fingerprint density at radius 3 is 1.74 bits per heavy atom. The highest BCUT2D eigenvalue weighted by Crippen LogP contribution is 2.31. The molecule has 0 aromatic heterocycles. The first-order chi connectivity index (χ1) is 31.3. The molecule has 66 heavy (non-hydrogen) atoms. The van der Waals surface area contributed by atoms with Crippen LogP contribution in [0.1, 0.15) is 81.4 Å². The number of aliphatic hydroxyl groups is 2. The Bertz CT molecular complexity index is 1710. The molecule has 1 aliphatic rings. The number of aryl methyl sites for hydroxylation is 2. The van der Waals surface area contributed by atoms with Gasteiger partial charge in [0.25, 0.3) is 0 Å². The van der Waals surface area contributed by atoms with Crippen molar-refractivity contribution in [2.45, 2.75) is 104 Å². The van der Waals surface area contributed by atoms with Crippen LogP contribution in [0.2, 0.25) is 0 Å². The first-order valence-electron chi connectivity index (χ1n) is 22.7. The van der Waals surface area contributed by atoms with Gasteiger partial charge in [-0.15, -0.1) is 0 Å². The van der Waals surface area contributed by atoms with E-state index >= 15 is 0 Å². The molecule has 0 bridgehead atoms. The Hall–Kier alpha value is -4.29. The molecule has 1 fully saturated rings. The summed E-state index contributed by atoms with van der Waals surface area (Å²) in [5, 5.41) is 60.5. The normalized spacial score (nSPS) is 15.8. The summed E-state index contributed by atoms with van der Waals surface area (Å²) in [6, 6.07) is 0.106.